The van der Waals surface area contributed by atoms with Gasteiger partial charge in [-0.05, 0) is 37.1 Å². The maximum absolute atomic E-state index is 12.1. The highest BCUT2D eigenvalue weighted by Gasteiger charge is 2.33. The van der Waals surface area contributed by atoms with Gasteiger partial charge in [-0.25, -0.2) is 4.68 Å². The number of benzene rings is 1. The molecule has 7 heteroatoms. The second-order valence-electron chi connectivity index (χ2n) is 5.08. The van der Waals surface area contributed by atoms with Crippen LogP contribution in [0.4, 0.5) is 11.6 Å². The lowest BCUT2D eigenvalue weighted by atomic mass is 10.1. The second kappa shape index (κ2) is 5.01. The number of nitrogens with one attached hydrogen (secondary N) is 2. The van der Waals surface area contributed by atoms with E-state index in [9.17, 15) is 9.59 Å². The fraction of sp³-hybridized carbons (Fsp3) is 0.286. The summed E-state index contributed by atoms with van der Waals surface area (Å²) in [7, 11) is 0. The number of aryl methyl sites for hydroxylation is 2. The minimum atomic E-state index is -0.644. The molecule has 0 fully saturated rings. The van der Waals surface area contributed by atoms with E-state index in [1.54, 1.807) is 0 Å². The first-order valence-electron chi connectivity index (χ1n) is 6.62. The van der Waals surface area contributed by atoms with Gasteiger partial charge in [-0.2, -0.15) is 10.1 Å². The molecule has 2 N–H and O–H groups in total. The summed E-state index contributed by atoms with van der Waals surface area (Å²) in [4.78, 5) is 27.8. The van der Waals surface area contributed by atoms with E-state index >= 15 is 0 Å². The first kappa shape index (κ1) is 13.3. The van der Waals surface area contributed by atoms with Crippen LogP contribution in [0.5, 0.6) is 0 Å². The van der Waals surface area contributed by atoms with Gasteiger partial charge in [0.2, 0.25) is 11.9 Å². The summed E-state index contributed by atoms with van der Waals surface area (Å²) in [5, 5.41) is 9.34. The third-order valence-electron chi connectivity index (χ3n) is 3.58. The number of hydrogen-bond acceptors (Lipinski definition) is 4. The molecule has 7 nitrogen and oxygen atoms in total. The molecule has 1 aliphatic heterocycles. The van der Waals surface area contributed by atoms with Crippen LogP contribution in [0, 0.1) is 13.8 Å². The van der Waals surface area contributed by atoms with Gasteiger partial charge in [0.05, 0.1) is 6.42 Å². The minimum Gasteiger partial charge on any atom is -0.326 e. The predicted octanol–water partition coefficient (Wildman–Crippen LogP) is 1.42. The normalized spacial score (nSPS) is 16.5. The molecule has 1 aromatic carbocycles. The van der Waals surface area contributed by atoms with E-state index in [2.05, 4.69) is 20.7 Å². The molecular formula is C14H15N5O2. The van der Waals surface area contributed by atoms with E-state index < -0.39 is 6.04 Å². The van der Waals surface area contributed by atoms with Crippen LogP contribution in [-0.4, -0.2) is 26.6 Å². The Morgan fingerprint density at radius 3 is 2.95 bits per heavy atom. The highest BCUT2D eigenvalue weighted by molar-refractivity contribution is 6.00. The summed E-state index contributed by atoms with van der Waals surface area (Å²) in [6, 6.07) is 5.05. The van der Waals surface area contributed by atoms with Crippen molar-refractivity contribution in [2.75, 3.05) is 10.6 Å². The van der Waals surface area contributed by atoms with Crippen LogP contribution in [0.3, 0.4) is 0 Å². The summed E-state index contributed by atoms with van der Waals surface area (Å²) in [5.41, 5.74) is 2.99. The predicted molar refractivity (Wildman–Crippen MR) is 76.9 cm³/mol. The van der Waals surface area contributed by atoms with Crippen molar-refractivity contribution in [3.8, 4) is 0 Å². The van der Waals surface area contributed by atoms with Crippen LogP contribution in [0.2, 0.25) is 0 Å². The van der Waals surface area contributed by atoms with Crippen molar-refractivity contribution in [3.63, 3.8) is 0 Å². The molecule has 0 radical (unpaired) electrons. The Balaban J connectivity index is 1.70. The van der Waals surface area contributed by atoms with Crippen LogP contribution in [0.15, 0.2) is 24.5 Å². The zero-order chi connectivity index (χ0) is 15.0. The van der Waals surface area contributed by atoms with E-state index in [0.717, 1.165) is 16.8 Å². The Labute approximate surface area is 121 Å². The molecule has 3 rings (SSSR count). The highest BCUT2D eigenvalue weighted by Crippen LogP contribution is 2.24. The molecule has 2 heterocycles. The lowest BCUT2D eigenvalue weighted by Crippen LogP contribution is -2.23. The van der Waals surface area contributed by atoms with E-state index in [4.69, 9.17) is 0 Å². The smallest absolute Gasteiger partial charge is 0.252 e. The Bertz CT molecular complexity index is 722. The van der Waals surface area contributed by atoms with E-state index in [1.807, 2.05) is 32.0 Å². The van der Waals surface area contributed by atoms with Crippen LogP contribution >= 0.6 is 0 Å². The number of amides is 2. The number of carbonyl (C=O) groups excluding carboxylic acids is 2. The lowest BCUT2D eigenvalue weighted by molar-refractivity contribution is -0.123. The summed E-state index contributed by atoms with van der Waals surface area (Å²) in [6.07, 6.45) is 1.37. The van der Waals surface area contributed by atoms with Gasteiger partial charge in [-0.1, -0.05) is 6.07 Å². The Kier molecular flexibility index (Phi) is 3.17. The monoisotopic (exact) mass is 285 g/mol. The first-order valence-corrected chi connectivity index (χ1v) is 6.62. The van der Waals surface area contributed by atoms with Gasteiger partial charge in [-0.15, -0.1) is 0 Å². The first-order chi connectivity index (χ1) is 10.0. The molecule has 0 aliphatic carbocycles. The number of nitrogens with zero attached hydrogens (tertiary/aromatic N) is 3. The van der Waals surface area contributed by atoms with Crippen LogP contribution in [0.25, 0.3) is 0 Å². The molecule has 0 spiro atoms. The second-order valence-corrected chi connectivity index (χ2v) is 5.08. The molecule has 108 valence electrons. The number of rotatable bonds is 3. The number of carbonyl (C=O) groups is 2. The van der Waals surface area contributed by atoms with Crippen molar-refractivity contribution in [3.05, 3.63) is 35.7 Å². The summed E-state index contributed by atoms with van der Waals surface area (Å²) >= 11 is 0. The Morgan fingerprint density at radius 1 is 1.38 bits per heavy atom. The van der Waals surface area contributed by atoms with Crippen LogP contribution < -0.4 is 10.6 Å². The third-order valence-corrected chi connectivity index (χ3v) is 3.58. The standard InChI is InChI=1S/C14H15N5O2/c1-8-3-4-10(5-9(8)2)17-12(20)6-11-13(21)18-14-15-7-16-19(11)14/h3-5,7,11H,6H2,1-2H3,(H,17,20)(H,15,16,18,21)/t11-/m1/s1. The zero-order valence-electron chi connectivity index (χ0n) is 11.8. The number of hydrogen-bond donors (Lipinski definition) is 2. The average molecular weight is 285 g/mol. The third kappa shape index (κ3) is 2.49. The van der Waals surface area contributed by atoms with Gasteiger partial charge in [0.25, 0.3) is 5.91 Å². The van der Waals surface area contributed by atoms with Gasteiger partial charge in [0.1, 0.15) is 12.4 Å². The summed E-state index contributed by atoms with van der Waals surface area (Å²) in [5.74, 6) is -0.119. The van der Waals surface area contributed by atoms with Crippen molar-refractivity contribution in [2.24, 2.45) is 0 Å². The SMILES string of the molecule is Cc1ccc(NC(=O)C[C@@H]2C(=O)Nc3ncnn32)cc1C. The minimum absolute atomic E-state index is 0.0229. The Hall–Kier alpha value is -2.70. The quantitative estimate of drug-likeness (QED) is 0.892. The molecule has 0 saturated carbocycles. The molecule has 2 amide bonds. The maximum atomic E-state index is 12.1. The van der Waals surface area contributed by atoms with Crippen molar-refractivity contribution >= 4 is 23.5 Å². The van der Waals surface area contributed by atoms with Crippen molar-refractivity contribution in [1.29, 1.82) is 0 Å². The van der Waals surface area contributed by atoms with Gasteiger partial charge in [0.15, 0.2) is 0 Å². The average Bonchev–Trinajstić information content (AvgIpc) is 2.97. The fourth-order valence-corrected chi connectivity index (χ4v) is 2.26. The van der Waals surface area contributed by atoms with Gasteiger partial charge in [0, 0.05) is 5.69 Å². The van der Waals surface area contributed by atoms with E-state index in [0.29, 0.717) is 5.95 Å². The number of fused-ring (bicyclic) bond motifs is 1. The molecule has 0 bridgehead atoms. The number of aromatic nitrogens is 3. The van der Waals surface area contributed by atoms with Crippen LogP contribution in [0.1, 0.15) is 23.6 Å². The largest absolute Gasteiger partial charge is 0.326 e. The van der Waals surface area contributed by atoms with Crippen molar-refractivity contribution < 1.29 is 9.59 Å². The van der Waals surface area contributed by atoms with Gasteiger partial charge >= 0.3 is 0 Å². The van der Waals surface area contributed by atoms with E-state index in [1.165, 1.54) is 11.0 Å². The molecular weight excluding hydrogens is 270 g/mol. The molecule has 1 aromatic heterocycles. The van der Waals surface area contributed by atoms with E-state index in [-0.39, 0.29) is 18.2 Å². The fourth-order valence-electron chi connectivity index (χ4n) is 2.26. The number of anilines is 2. The maximum Gasteiger partial charge on any atom is 0.252 e. The topological polar surface area (TPSA) is 88.9 Å². The van der Waals surface area contributed by atoms with Crippen molar-refractivity contribution in [2.45, 2.75) is 26.3 Å². The lowest BCUT2D eigenvalue weighted by Gasteiger charge is -2.10. The van der Waals surface area contributed by atoms with Gasteiger partial charge < -0.3 is 5.32 Å². The molecule has 21 heavy (non-hydrogen) atoms. The summed E-state index contributed by atoms with van der Waals surface area (Å²) < 4.78 is 1.43. The zero-order valence-corrected chi connectivity index (χ0v) is 11.8. The molecule has 0 unspecified atom stereocenters. The molecule has 1 aliphatic rings. The van der Waals surface area contributed by atoms with Crippen LogP contribution in [-0.2, 0) is 9.59 Å². The van der Waals surface area contributed by atoms with Crippen molar-refractivity contribution in [1.82, 2.24) is 14.8 Å². The Morgan fingerprint density at radius 2 is 2.19 bits per heavy atom. The molecule has 1 atom stereocenters. The highest BCUT2D eigenvalue weighted by atomic mass is 16.2. The molecule has 2 aromatic rings. The van der Waals surface area contributed by atoms with Gasteiger partial charge in [-0.3, -0.25) is 14.9 Å². The summed E-state index contributed by atoms with van der Waals surface area (Å²) in [6.45, 7) is 3.99. The molecule has 0 saturated heterocycles.